The number of aliphatic hydroxyl groups excluding tert-OH is 1. The first kappa shape index (κ1) is 26.7. The monoisotopic (exact) mass is 614 g/mol. The van der Waals surface area contributed by atoms with Gasteiger partial charge in [0.15, 0.2) is 16.6 Å². The number of esters is 1. The first-order chi connectivity index (χ1) is 18.5. The molecule has 10 nitrogen and oxygen atoms in total. The Balaban J connectivity index is 1.73. The van der Waals surface area contributed by atoms with Crippen LogP contribution >= 0.6 is 27.3 Å². The zero-order chi connectivity index (χ0) is 28.2. The molecule has 3 aromatic rings. The molecule has 0 aliphatic carbocycles. The average Bonchev–Trinajstić information content (AvgIpc) is 3.56. The van der Waals surface area contributed by atoms with E-state index in [1.54, 1.807) is 25.1 Å². The van der Waals surface area contributed by atoms with Crippen molar-refractivity contribution in [2.45, 2.75) is 32.4 Å². The molecule has 1 fully saturated rings. The lowest BCUT2D eigenvalue weighted by Crippen LogP contribution is -2.29. The molecule has 2 aliphatic rings. The number of hydrogen-bond donors (Lipinski definition) is 2. The number of Topliss-reactive ketones (excluding diaryl/α,β-unsaturated/α-hetero) is 1. The van der Waals surface area contributed by atoms with Gasteiger partial charge in [0.2, 0.25) is 0 Å². The normalized spacial score (nSPS) is 19.7. The summed E-state index contributed by atoms with van der Waals surface area (Å²) in [4.78, 5) is 45.0. The molecule has 2 N–H and O–H groups in total. The van der Waals surface area contributed by atoms with Crippen LogP contribution in [0.2, 0.25) is 0 Å². The maximum atomic E-state index is 13.5. The molecule has 202 valence electrons. The van der Waals surface area contributed by atoms with Crippen molar-refractivity contribution in [2.75, 3.05) is 19.1 Å². The molecule has 1 aromatic heterocycles. The summed E-state index contributed by atoms with van der Waals surface area (Å²) >= 11 is 4.18. The number of methoxy groups -OCH3 is 2. The molecule has 0 saturated carbocycles. The van der Waals surface area contributed by atoms with Gasteiger partial charge in [-0.2, -0.15) is 0 Å². The molecular weight excluding hydrogens is 592 g/mol. The fourth-order valence-electron chi connectivity index (χ4n) is 4.74. The number of phenols is 1. The Labute approximate surface area is 235 Å². The molecule has 12 heteroatoms. The standard InChI is InChI=1S/C27H23BrN2O8S/c1-11-7-14-8-13(5-6-17(14)38-11)21(31)19-20(15-9-16(28)22(32)18(10-15)36-3)30(25(34)23(19)33)27-29-12(2)24(39-27)26(35)37-4/h5-6,8-11,20,31-32H,7H2,1-4H3/b21-19+/t11-,20+/m1/s1. The van der Waals surface area contributed by atoms with Gasteiger partial charge in [-0.1, -0.05) is 11.3 Å². The minimum Gasteiger partial charge on any atom is -0.507 e. The van der Waals surface area contributed by atoms with E-state index in [1.807, 2.05) is 6.92 Å². The van der Waals surface area contributed by atoms with E-state index in [2.05, 4.69) is 20.9 Å². The van der Waals surface area contributed by atoms with Crippen molar-refractivity contribution >= 4 is 55.8 Å². The number of nitrogens with zero attached hydrogens (tertiary/aromatic N) is 2. The van der Waals surface area contributed by atoms with Crippen molar-refractivity contribution in [1.82, 2.24) is 4.98 Å². The molecule has 1 amide bonds. The first-order valence-corrected chi connectivity index (χ1v) is 13.4. The smallest absolute Gasteiger partial charge is 0.350 e. The summed E-state index contributed by atoms with van der Waals surface area (Å²) in [6.45, 7) is 3.52. The summed E-state index contributed by atoms with van der Waals surface area (Å²) in [7, 11) is 2.60. The highest BCUT2D eigenvalue weighted by molar-refractivity contribution is 9.10. The van der Waals surface area contributed by atoms with Gasteiger partial charge in [-0.3, -0.25) is 14.5 Å². The van der Waals surface area contributed by atoms with Crippen LogP contribution in [0.15, 0.2) is 40.4 Å². The van der Waals surface area contributed by atoms with Gasteiger partial charge in [-0.25, -0.2) is 9.78 Å². The lowest BCUT2D eigenvalue weighted by Gasteiger charge is -2.24. The summed E-state index contributed by atoms with van der Waals surface area (Å²) in [5.74, 6) is -2.29. The average molecular weight is 615 g/mol. The van der Waals surface area contributed by atoms with Crippen LogP contribution in [0.5, 0.6) is 17.2 Å². The molecule has 0 unspecified atom stereocenters. The highest BCUT2D eigenvalue weighted by Crippen LogP contribution is 2.47. The number of carbonyl (C=O) groups excluding carboxylic acids is 3. The Bertz CT molecular complexity index is 1580. The third-order valence-corrected chi connectivity index (χ3v) is 8.30. The van der Waals surface area contributed by atoms with Gasteiger partial charge >= 0.3 is 11.9 Å². The number of anilines is 1. The molecule has 2 aliphatic heterocycles. The quantitative estimate of drug-likeness (QED) is 0.182. The Hall–Kier alpha value is -3.90. The fraction of sp³-hybridized carbons (Fsp3) is 0.259. The van der Waals surface area contributed by atoms with Crippen LogP contribution < -0.4 is 14.4 Å². The second kappa shape index (κ2) is 10.0. The predicted octanol–water partition coefficient (Wildman–Crippen LogP) is 4.66. The Morgan fingerprint density at radius 2 is 1.97 bits per heavy atom. The number of halogens is 1. The van der Waals surface area contributed by atoms with E-state index in [-0.39, 0.29) is 43.4 Å². The number of ether oxygens (including phenoxy) is 3. The van der Waals surface area contributed by atoms with Gasteiger partial charge < -0.3 is 24.4 Å². The fourth-order valence-corrected chi connectivity index (χ4v) is 6.22. The molecule has 2 aromatic carbocycles. The van der Waals surface area contributed by atoms with Crippen LogP contribution in [-0.2, 0) is 20.7 Å². The van der Waals surface area contributed by atoms with E-state index in [0.717, 1.165) is 21.8 Å². The highest BCUT2D eigenvalue weighted by Gasteiger charge is 2.49. The van der Waals surface area contributed by atoms with Crippen LogP contribution in [0.4, 0.5) is 5.13 Å². The van der Waals surface area contributed by atoms with Crippen LogP contribution in [0, 0.1) is 6.92 Å². The third-order valence-electron chi connectivity index (χ3n) is 6.56. The van der Waals surface area contributed by atoms with E-state index in [9.17, 15) is 24.6 Å². The molecule has 39 heavy (non-hydrogen) atoms. The number of ketones is 1. The van der Waals surface area contributed by atoms with E-state index in [4.69, 9.17) is 14.2 Å². The second-order valence-electron chi connectivity index (χ2n) is 9.08. The molecule has 5 rings (SSSR count). The number of carbonyl (C=O) groups is 3. The zero-order valence-electron chi connectivity index (χ0n) is 21.3. The third kappa shape index (κ3) is 4.43. The van der Waals surface area contributed by atoms with Crippen LogP contribution in [-0.4, -0.2) is 53.2 Å². The van der Waals surface area contributed by atoms with Gasteiger partial charge in [0.25, 0.3) is 5.78 Å². The maximum absolute atomic E-state index is 13.5. The second-order valence-corrected chi connectivity index (χ2v) is 10.9. The van der Waals surface area contributed by atoms with Gasteiger partial charge in [-0.15, -0.1) is 0 Å². The van der Waals surface area contributed by atoms with Crippen LogP contribution in [0.3, 0.4) is 0 Å². The lowest BCUT2D eigenvalue weighted by molar-refractivity contribution is -0.132. The Morgan fingerprint density at radius 3 is 2.67 bits per heavy atom. The number of amides is 1. The van der Waals surface area contributed by atoms with E-state index in [0.29, 0.717) is 29.0 Å². The SMILES string of the molecule is COC(=O)c1sc(N2C(=O)C(=O)/C(=C(/O)c3ccc4c(c3)C[C@@H](C)O4)[C@@H]2c2cc(Br)c(O)c(OC)c2)nc1C. The minimum absolute atomic E-state index is 0.0260. The van der Waals surface area contributed by atoms with Gasteiger partial charge in [0, 0.05) is 12.0 Å². The van der Waals surface area contributed by atoms with E-state index >= 15 is 0 Å². The number of aryl methyl sites for hydroxylation is 1. The molecule has 2 atom stereocenters. The van der Waals surface area contributed by atoms with E-state index in [1.165, 1.54) is 26.4 Å². The topological polar surface area (TPSA) is 135 Å². The summed E-state index contributed by atoms with van der Waals surface area (Å²) in [6, 6.07) is 6.90. The summed E-state index contributed by atoms with van der Waals surface area (Å²) in [5.41, 5.74) is 1.69. The largest absolute Gasteiger partial charge is 0.507 e. The summed E-state index contributed by atoms with van der Waals surface area (Å²) < 4.78 is 16.1. The molecule has 0 spiro atoms. The molecular formula is C27H23BrN2O8S. The number of aliphatic hydroxyl groups is 1. The van der Waals surface area contributed by atoms with Crippen molar-refractivity contribution in [1.29, 1.82) is 0 Å². The number of rotatable bonds is 5. The van der Waals surface area contributed by atoms with Crippen molar-refractivity contribution in [3.05, 3.63) is 67.6 Å². The number of benzene rings is 2. The van der Waals surface area contributed by atoms with Gasteiger partial charge in [-0.05, 0) is 71.2 Å². The highest BCUT2D eigenvalue weighted by atomic mass is 79.9. The number of fused-ring (bicyclic) bond motifs is 1. The summed E-state index contributed by atoms with van der Waals surface area (Å²) in [6.07, 6.45) is 0.604. The summed E-state index contributed by atoms with van der Waals surface area (Å²) in [5, 5.41) is 22.0. The van der Waals surface area contributed by atoms with Crippen LogP contribution in [0.1, 0.15) is 45.0 Å². The number of aromatic nitrogens is 1. The maximum Gasteiger partial charge on any atom is 0.350 e. The Morgan fingerprint density at radius 1 is 1.23 bits per heavy atom. The van der Waals surface area contributed by atoms with Gasteiger partial charge in [0.05, 0.1) is 36.0 Å². The van der Waals surface area contributed by atoms with Crippen molar-refractivity contribution < 1.29 is 38.8 Å². The molecule has 1 saturated heterocycles. The number of thiazole rings is 1. The molecule has 3 heterocycles. The Kier molecular flexibility index (Phi) is 6.85. The van der Waals surface area contributed by atoms with Crippen LogP contribution in [0.25, 0.3) is 5.76 Å². The lowest BCUT2D eigenvalue weighted by atomic mass is 9.94. The minimum atomic E-state index is -1.16. The number of phenolic OH excluding ortho intramolecular Hbond substituents is 1. The first-order valence-electron chi connectivity index (χ1n) is 11.8. The predicted molar refractivity (Wildman–Crippen MR) is 146 cm³/mol. The molecule has 0 bridgehead atoms. The number of aromatic hydroxyl groups is 1. The number of hydrogen-bond acceptors (Lipinski definition) is 10. The van der Waals surface area contributed by atoms with E-state index < -0.39 is 23.7 Å². The van der Waals surface area contributed by atoms with Gasteiger partial charge in [0.1, 0.15) is 22.5 Å². The molecule has 0 radical (unpaired) electrons. The zero-order valence-corrected chi connectivity index (χ0v) is 23.7. The van der Waals surface area contributed by atoms with Crippen molar-refractivity contribution in [3.8, 4) is 17.2 Å². The van der Waals surface area contributed by atoms with Crippen molar-refractivity contribution in [2.24, 2.45) is 0 Å². The van der Waals surface area contributed by atoms with Crippen molar-refractivity contribution in [3.63, 3.8) is 0 Å².